The van der Waals surface area contributed by atoms with E-state index in [4.69, 9.17) is 16.3 Å². The van der Waals surface area contributed by atoms with Gasteiger partial charge < -0.3 is 15.4 Å². The summed E-state index contributed by atoms with van der Waals surface area (Å²) >= 11 is 5.79. The number of benzene rings is 1. The molecule has 0 spiro atoms. The Kier molecular flexibility index (Phi) is 10.3. The molecule has 2 rings (SSSR count). The maximum absolute atomic E-state index is 5.79. The summed E-state index contributed by atoms with van der Waals surface area (Å²) in [4.78, 5) is 8.33. The molecule has 5 nitrogen and oxygen atoms in total. The topological polar surface area (TPSA) is 58.5 Å². The summed E-state index contributed by atoms with van der Waals surface area (Å²) in [6.45, 7) is 3.64. The van der Waals surface area contributed by atoms with Crippen LogP contribution in [0.2, 0.25) is 5.15 Å². The van der Waals surface area contributed by atoms with Gasteiger partial charge in [-0.3, -0.25) is 4.99 Å². The van der Waals surface area contributed by atoms with Crippen LogP contribution in [-0.2, 0) is 12.8 Å². The van der Waals surface area contributed by atoms with Crippen molar-refractivity contribution < 1.29 is 4.74 Å². The Morgan fingerprint density at radius 3 is 2.50 bits per heavy atom. The first kappa shape index (κ1) is 22.5. The number of methoxy groups -OCH3 is 1. The van der Waals surface area contributed by atoms with Crippen LogP contribution in [0.5, 0.6) is 5.75 Å². The first-order valence-electron chi connectivity index (χ1n) is 8.31. The van der Waals surface area contributed by atoms with Crippen LogP contribution in [-0.4, -0.2) is 38.2 Å². The van der Waals surface area contributed by atoms with Crippen molar-refractivity contribution in [2.45, 2.75) is 19.8 Å². The second kappa shape index (κ2) is 12.0. The Hall–Kier alpha value is -1.54. The van der Waals surface area contributed by atoms with Crippen LogP contribution in [0.3, 0.4) is 0 Å². The number of aryl methyl sites for hydroxylation is 1. The molecule has 0 saturated carbocycles. The molecule has 2 N–H and O–H groups in total. The number of aliphatic imine (C=N–C) groups is 1. The standard InChI is InChI=1S/C19H25ClN4O.HI/c1-14-4-6-17(25-3)16(12-14)9-11-23-19(21-2)22-10-8-15-5-7-18(20)24-13-15;/h4-7,12-13H,8-11H2,1-3H3,(H2,21,22,23);1H. The molecule has 1 aromatic carbocycles. The summed E-state index contributed by atoms with van der Waals surface area (Å²) in [5.41, 5.74) is 3.56. The van der Waals surface area contributed by atoms with Crippen molar-refractivity contribution in [2.24, 2.45) is 4.99 Å². The summed E-state index contributed by atoms with van der Waals surface area (Å²) in [6, 6.07) is 10.0. The van der Waals surface area contributed by atoms with E-state index in [9.17, 15) is 0 Å². The molecule has 0 fully saturated rings. The van der Waals surface area contributed by atoms with Gasteiger partial charge in [0, 0.05) is 26.3 Å². The van der Waals surface area contributed by atoms with E-state index in [2.05, 4.69) is 39.7 Å². The number of aromatic nitrogens is 1. The highest BCUT2D eigenvalue weighted by Gasteiger charge is 2.04. The third kappa shape index (κ3) is 7.37. The monoisotopic (exact) mass is 488 g/mol. The highest BCUT2D eigenvalue weighted by Crippen LogP contribution is 2.19. The molecular formula is C19H26ClIN4O. The van der Waals surface area contributed by atoms with Gasteiger partial charge in [0.25, 0.3) is 0 Å². The van der Waals surface area contributed by atoms with E-state index in [1.54, 1.807) is 26.4 Å². The number of nitrogens with zero attached hydrogens (tertiary/aromatic N) is 2. The van der Waals surface area contributed by atoms with Crippen molar-refractivity contribution in [3.05, 3.63) is 58.4 Å². The highest BCUT2D eigenvalue weighted by molar-refractivity contribution is 14.0. The van der Waals surface area contributed by atoms with Gasteiger partial charge in [-0.1, -0.05) is 35.4 Å². The number of pyridine rings is 1. The Bertz CT molecular complexity index is 707. The fourth-order valence-corrected chi connectivity index (χ4v) is 2.63. The zero-order valence-electron chi connectivity index (χ0n) is 15.4. The molecule has 0 saturated heterocycles. The summed E-state index contributed by atoms with van der Waals surface area (Å²) in [5.74, 6) is 1.71. The van der Waals surface area contributed by atoms with Gasteiger partial charge in [0.2, 0.25) is 0 Å². The SMILES string of the molecule is CN=C(NCCc1ccc(Cl)nc1)NCCc1cc(C)ccc1OC.I. The highest BCUT2D eigenvalue weighted by atomic mass is 127. The lowest BCUT2D eigenvalue weighted by Crippen LogP contribution is -2.39. The van der Waals surface area contributed by atoms with Crippen molar-refractivity contribution in [1.82, 2.24) is 15.6 Å². The molecule has 2 aromatic rings. The predicted molar refractivity (Wildman–Crippen MR) is 119 cm³/mol. The molecule has 0 aliphatic heterocycles. The van der Waals surface area contributed by atoms with E-state index in [-0.39, 0.29) is 24.0 Å². The number of ether oxygens (including phenoxy) is 1. The quantitative estimate of drug-likeness (QED) is 0.270. The molecule has 0 atom stereocenters. The lowest BCUT2D eigenvalue weighted by molar-refractivity contribution is 0.409. The maximum Gasteiger partial charge on any atom is 0.190 e. The normalized spacial score (nSPS) is 10.8. The van der Waals surface area contributed by atoms with E-state index in [1.165, 1.54) is 11.1 Å². The maximum atomic E-state index is 5.79. The van der Waals surface area contributed by atoms with Crippen LogP contribution in [0.4, 0.5) is 0 Å². The zero-order valence-corrected chi connectivity index (χ0v) is 18.5. The largest absolute Gasteiger partial charge is 0.496 e. The smallest absolute Gasteiger partial charge is 0.190 e. The Morgan fingerprint density at radius 1 is 1.15 bits per heavy atom. The second-order valence-corrected chi connectivity index (χ2v) is 6.12. The lowest BCUT2D eigenvalue weighted by Gasteiger charge is -2.13. The average molecular weight is 489 g/mol. The van der Waals surface area contributed by atoms with Crippen molar-refractivity contribution in [3.63, 3.8) is 0 Å². The van der Waals surface area contributed by atoms with E-state index in [0.717, 1.165) is 43.2 Å². The van der Waals surface area contributed by atoms with Crippen molar-refractivity contribution >= 4 is 41.5 Å². The van der Waals surface area contributed by atoms with E-state index in [1.807, 2.05) is 12.1 Å². The fraction of sp³-hybridized carbons (Fsp3) is 0.368. The van der Waals surface area contributed by atoms with Crippen LogP contribution in [0.15, 0.2) is 41.5 Å². The van der Waals surface area contributed by atoms with Crippen molar-refractivity contribution in [2.75, 3.05) is 27.2 Å². The van der Waals surface area contributed by atoms with Gasteiger partial charge in [0.05, 0.1) is 7.11 Å². The van der Waals surface area contributed by atoms with E-state index in [0.29, 0.717) is 5.15 Å². The molecule has 0 aliphatic carbocycles. The third-order valence-electron chi connectivity index (χ3n) is 3.84. The van der Waals surface area contributed by atoms with Gasteiger partial charge in [-0.2, -0.15) is 0 Å². The summed E-state index contributed by atoms with van der Waals surface area (Å²) in [6.07, 6.45) is 3.52. The number of rotatable bonds is 7. The third-order valence-corrected chi connectivity index (χ3v) is 4.06. The molecule has 1 heterocycles. The lowest BCUT2D eigenvalue weighted by atomic mass is 10.1. The number of halogens is 2. The van der Waals surface area contributed by atoms with Gasteiger partial charge in [-0.25, -0.2) is 4.98 Å². The number of guanidine groups is 1. The minimum atomic E-state index is 0. The second-order valence-electron chi connectivity index (χ2n) is 5.73. The first-order chi connectivity index (χ1) is 12.1. The van der Waals surface area contributed by atoms with Crippen molar-refractivity contribution in [1.29, 1.82) is 0 Å². The molecule has 0 amide bonds. The molecule has 0 bridgehead atoms. The Balaban J connectivity index is 0.00000338. The van der Waals surface area contributed by atoms with E-state index >= 15 is 0 Å². The van der Waals surface area contributed by atoms with Crippen molar-refractivity contribution in [3.8, 4) is 5.75 Å². The van der Waals surface area contributed by atoms with Gasteiger partial charge in [0.1, 0.15) is 10.9 Å². The molecular weight excluding hydrogens is 463 g/mol. The minimum absolute atomic E-state index is 0. The summed E-state index contributed by atoms with van der Waals surface area (Å²) in [5, 5.41) is 7.15. The molecule has 142 valence electrons. The molecule has 26 heavy (non-hydrogen) atoms. The fourth-order valence-electron chi connectivity index (χ4n) is 2.52. The number of hydrogen-bond donors (Lipinski definition) is 2. The Morgan fingerprint density at radius 2 is 1.88 bits per heavy atom. The molecule has 0 radical (unpaired) electrons. The van der Waals surface area contributed by atoms with Gasteiger partial charge in [-0.05, 0) is 43.0 Å². The van der Waals surface area contributed by atoms with Crippen LogP contribution >= 0.6 is 35.6 Å². The summed E-state index contributed by atoms with van der Waals surface area (Å²) in [7, 11) is 3.47. The average Bonchev–Trinajstić information content (AvgIpc) is 2.62. The predicted octanol–water partition coefficient (Wildman–Crippen LogP) is 3.62. The van der Waals surface area contributed by atoms with Crippen LogP contribution in [0.25, 0.3) is 0 Å². The van der Waals surface area contributed by atoms with Gasteiger partial charge in [-0.15, -0.1) is 24.0 Å². The first-order valence-corrected chi connectivity index (χ1v) is 8.68. The summed E-state index contributed by atoms with van der Waals surface area (Å²) < 4.78 is 5.42. The van der Waals surface area contributed by atoms with Crippen LogP contribution in [0.1, 0.15) is 16.7 Å². The van der Waals surface area contributed by atoms with Crippen LogP contribution in [0, 0.1) is 6.92 Å². The van der Waals surface area contributed by atoms with Gasteiger partial charge >= 0.3 is 0 Å². The van der Waals surface area contributed by atoms with E-state index < -0.39 is 0 Å². The molecule has 7 heteroatoms. The number of hydrogen-bond acceptors (Lipinski definition) is 3. The molecule has 0 unspecified atom stereocenters. The van der Waals surface area contributed by atoms with Gasteiger partial charge in [0.15, 0.2) is 5.96 Å². The number of nitrogens with one attached hydrogen (secondary N) is 2. The minimum Gasteiger partial charge on any atom is -0.496 e. The van der Waals surface area contributed by atoms with Crippen LogP contribution < -0.4 is 15.4 Å². The zero-order chi connectivity index (χ0) is 18.1. The molecule has 0 aliphatic rings. The Labute approximate surface area is 177 Å². The molecule has 1 aromatic heterocycles.